The molecule has 0 radical (unpaired) electrons. The van der Waals surface area contributed by atoms with Gasteiger partial charge in [-0.3, -0.25) is 9.59 Å². The standard InChI is InChI=1S/C24H26N4O6/c1-13-6-7-16(34-13)20-18(21(29)17-14(2)19(24(32)33-4)26-15(17)3)22(30)23(31)28(20)10-5-9-27-11-8-25-12-27/h6-8,11-12,20,26,29H,5,9-10H2,1-4H3/t20-/m1/s1. The van der Waals surface area contributed by atoms with Gasteiger partial charge in [0.15, 0.2) is 0 Å². The minimum absolute atomic E-state index is 0.0800. The maximum atomic E-state index is 13.2. The van der Waals surface area contributed by atoms with Crippen LogP contribution >= 0.6 is 0 Å². The fourth-order valence-electron chi connectivity index (χ4n) is 4.40. The van der Waals surface area contributed by atoms with Crippen LogP contribution in [0.4, 0.5) is 0 Å². The van der Waals surface area contributed by atoms with Crippen LogP contribution in [0.15, 0.2) is 40.8 Å². The van der Waals surface area contributed by atoms with Crippen LogP contribution in [0.1, 0.15) is 51.3 Å². The number of aromatic amines is 1. The molecule has 1 saturated heterocycles. The minimum atomic E-state index is -0.897. The lowest BCUT2D eigenvalue weighted by atomic mass is 9.97. The first kappa shape index (κ1) is 23.1. The zero-order valence-corrected chi connectivity index (χ0v) is 19.4. The predicted octanol–water partition coefficient (Wildman–Crippen LogP) is 3.03. The molecule has 34 heavy (non-hydrogen) atoms. The summed E-state index contributed by atoms with van der Waals surface area (Å²) in [5, 5.41) is 11.3. The van der Waals surface area contributed by atoms with Gasteiger partial charge in [0.25, 0.3) is 11.7 Å². The van der Waals surface area contributed by atoms with Gasteiger partial charge in [-0.05, 0) is 44.9 Å². The number of aromatic nitrogens is 3. The minimum Gasteiger partial charge on any atom is -0.507 e. The Hall–Kier alpha value is -4.08. The number of ketones is 1. The molecule has 10 nitrogen and oxygen atoms in total. The first-order chi connectivity index (χ1) is 16.2. The number of amides is 1. The lowest BCUT2D eigenvalue weighted by Crippen LogP contribution is -2.31. The van der Waals surface area contributed by atoms with Gasteiger partial charge in [-0.1, -0.05) is 0 Å². The summed E-state index contributed by atoms with van der Waals surface area (Å²) < 4.78 is 12.5. The van der Waals surface area contributed by atoms with Crippen LogP contribution in [0.3, 0.4) is 0 Å². The van der Waals surface area contributed by atoms with Gasteiger partial charge in [0, 0.05) is 36.7 Å². The molecule has 3 aromatic heterocycles. The van der Waals surface area contributed by atoms with E-state index < -0.39 is 23.7 Å². The number of aryl methyl sites for hydroxylation is 3. The Balaban J connectivity index is 1.78. The Bertz CT molecular complexity index is 1280. The van der Waals surface area contributed by atoms with Gasteiger partial charge in [0.05, 0.1) is 19.0 Å². The molecule has 4 heterocycles. The Kier molecular flexibility index (Phi) is 6.14. The molecule has 0 aromatic carbocycles. The number of ether oxygens (including phenoxy) is 1. The molecule has 0 unspecified atom stereocenters. The van der Waals surface area contributed by atoms with E-state index in [1.165, 1.54) is 12.0 Å². The Labute approximate surface area is 195 Å². The van der Waals surface area contributed by atoms with Crippen molar-refractivity contribution in [1.82, 2.24) is 19.4 Å². The second kappa shape index (κ2) is 9.05. The fraction of sp³-hybridized carbons (Fsp3) is 0.333. The van der Waals surface area contributed by atoms with E-state index in [1.807, 2.05) is 10.8 Å². The molecule has 2 N–H and O–H groups in total. The number of esters is 1. The molecule has 1 amide bonds. The molecule has 0 aliphatic carbocycles. The molecule has 1 aliphatic heterocycles. The van der Waals surface area contributed by atoms with Gasteiger partial charge < -0.3 is 28.7 Å². The lowest BCUT2D eigenvalue weighted by Gasteiger charge is -2.23. The number of carbonyl (C=O) groups is 3. The normalized spacial score (nSPS) is 17.5. The van der Waals surface area contributed by atoms with Crippen molar-refractivity contribution in [2.45, 2.75) is 39.8 Å². The molecular formula is C24H26N4O6. The Morgan fingerprint density at radius 3 is 2.62 bits per heavy atom. The SMILES string of the molecule is COC(=O)c1[nH]c(C)c(C(O)=C2C(=O)C(=O)N(CCCn3ccnc3)[C@@H]2c2ccc(C)o2)c1C. The third kappa shape index (κ3) is 3.91. The van der Waals surface area contributed by atoms with E-state index in [4.69, 9.17) is 9.15 Å². The summed E-state index contributed by atoms with van der Waals surface area (Å²) >= 11 is 0. The fourth-order valence-corrected chi connectivity index (χ4v) is 4.40. The molecule has 1 fully saturated rings. The summed E-state index contributed by atoms with van der Waals surface area (Å²) in [4.78, 5) is 46.7. The third-order valence-electron chi connectivity index (χ3n) is 6.01. The second-order valence-electron chi connectivity index (χ2n) is 8.21. The number of hydrogen-bond acceptors (Lipinski definition) is 7. The first-order valence-electron chi connectivity index (χ1n) is 10.8. The van der Waals surface area contributed by atoms with Crippen molar-refractivity contribution in [1.29, 1.82) is 0 Å². The zero-order chi connectivity index (χ0) is 24.6. The van der Waals surface area contributed by atoms with Crippen molar-refractivity contribution in [3.05, 3.63) is 70.5 Å². The number of likely N-dealkylation sites (tertiary alicyclic amines) is 1. The van der Waals surface area contributed by atoms with Crippen molar-refractivity contribution in [2.75, 3.05) is 13.7 Å². The summed E-state index contributed by atoms with van der Waals surface area (Å²) in [7, 11) is 1.26. The van der Waals surface area contributed by atoms with E-state index in [0.717, 1.165) is 0 Å². The lowest BCUT2D eigenvalue weighted by molar-refractivity contribution is -0.140. The van der Waals surface area contributed by atoms with Crippen LogP contribution in [0, 0.1) is 20.8 Å². The molecule has 0 spiro atoms. The molecule has 178 valence electrons. The topological polar surface area (TPSA) is 131 Å². The monoisotopic (exact) mass is 466 g/mol. The highest BCUT2D eigenvalue weighted by Gasteiger charge is 2.47. The number of Topliss-reactive ketones (excluding diaryl/α,β-unsaturated/α-hetero) is 1. The van der Waals surface area contributed by atoms with Gasteiger partial charge in [-0.2, -0.15) is 0 Å². The van der Waals surface area contributed by atoms with Gasteiger partial charge in [-0.25, -0.2) is 9.78 Å². The Morgan fingerprint density at radius 1 is 1.24 bits per heavy atom. The highest BCUT2D eigenvalue weighted by Crippen LogP contribution is 2.41. The van der Waals surface area contributed by atoms with Crippen LogP contribution in [0.25, 0.3) is 5.76 Å². The molecule has 0 bridgehead atoms. The number of aliphatic hydroxyl groups excluding tert-OH is 1. The van der Waals surface area contributed by atoms with E-state index in [2.05, 4.69) is 9.97 Å². The molecule has 0 saturated carbocycles. The smallest absolute Gasteiger partial charge is 0.354 e. The number of imidazole rings is 1. The molecular weight excluding hydrogens is 440 g/mol. The molecule has 1 aliphatic rings. The summed E-state index contributed by atoms with van der Waals surface area (Å²) in [6.07, 6.45) is 5.73. The van der Waals surface area contributed by atoms with Crippen molar-refractivity contribution in [3.8, 4) is 0 Å². The quantitative estimate of drug-likeness (QED) is 0.237. The summed E-state index contributed by atoms with van der Waals surface area (Å²) in [6.45, 7) is 5.94. The van der Waals surface area contributed by atoms with Gasteiger partial charge >= 0.3 is 5.97 Å². The highest BCUT2D eigenvalue weighted by molar-refractivity contribution is 6.46. The number of methoxy groups -OCH3 is 1. The maximum absolute atomic E-state index is 13.2. The number of carbonyl (C=O) groups excluding carboxylic acids is 3. The molecule has 4 rings (SSSR count). The van der Waals surface area contributed by atoms with Gasteiger partial charge in [0.2, 0.25) is 0 Å². The average molecular weight is 466 g/mol. The third-order valence-corrected chi connectivity index (χ3v) is 6.01. The highest BCUT2D eigenvalue weighted by atomic mass is 16.5. The average Bonchev–Trinajstić information content (AvgIpc) is 3.58. The van der Waals surface area contributed by atoms with Crippen LogP contribution in [-0.2, 0) is 20.9 Å². The number of furan rings is 1. The van der Waals surface area contributed by atoms with Crippen LogP contribution < -0.4 is 0 Å². The zero-order valence-electron chi connectivity index (χ0n) is 19.4. The van der Waals surface area contributed by atoms with E-state index in [0.29, 0.717) is 35.7 Å². The van der Waals surface area contributed by atoms with Crippen molar-refractivity contribution < 1.29 is 28.6 Å². The Morgan fingerprint density at radius 2 is 2.00 bits per heavy atom. The number of aliphatic hydroxyl groups is 1. The van der Waals surface area contributed by atoms with Crippen molar-refractivity contribution in [3.63, 3.8) is 0 Å². The van der Waals surface area contributed by atoms with Crippen LogP contribution in [-0.4, -0.2) is 55.9 Å². The first-order valence-corrected chi connectivity index (χ1v) is 10.8. The van der Waals surface area contributed by atoms with Gasteiger partial charge in [-0.15, -0.1) is 0 Å². The summed E-state index contributed by atoms with van der Waals surface area (Å²) in [5.74, 6) is -1.50. The summed E-state index contributed by atoms with van der Waals surface area (Å²) in [5.41, 5.74) is 1.26. The van der Waals surface area contributed by atoms with Crippen molar-refractivity contribution in [2.24, 2.45) is 0 Å². The summed E-state index contributed by atoms with van der Waals surface area (Å²) in [6, 6.07) is 2.54. The van der Waals surface area contributed by atoms with E-state index in [1.54, 1.807) is 45.4 Å². The van der Waals surface area contributed by atoms with E-state index in [-0.39, 0.29) is 29.1 Å². The van der Waals surface area contributed by atoms with Crippen LogP contribution in [0.2, 0.25) is 0 Å². The van der Waals surface area contributed by atoms with Gasteiger partial charge in [0.1, 0.15) is 29.0 Å². The molecule has 1 atom stereocenters. The maximum Gasteiger partial charge on any atom is 0.354 e. The number of nitrogens with zero attached hydrogens (tertiary/aromatic N) is 3. The number of hydrogen-bond donors (Lipinski definition) is 2. The predicted molar refractivity (Wildman–Crippen MR) is 121 cm³/mol. The van der Waals surface area contributed by atoms with Crippen molar-refractivity contribution >= 4 is 23.4 Å². The second-order valence-corrected chi connectivity index (χ2v) is 8.21. The largest absolute Gasteiger partial charge is 0.507 e. The molecule has 3 aromatic rings. The molecule has 10 heteroatoms. The van der Waals surface area contributed by atoms with E-state index in [9.17, 15) is 19.5 Å². The number of H-pyrrole nitrogens is 1. The van der Waals surface area contributed by atoms with E-state index >= 15 is 0 Å². The number of nitrogens with one attached hydrogen (secondary N) is 1. The number of rotatable bonds is 7. The van der Waals surface area contributed by atoms with Crippen LogP contribution in [0.5, 0.6) is 0 Å².